The molecule has 0 aromatic rings. The maximum absolute atomic E-state index is 6.18. The molecule has 4 atom stereocenters. The van der Waals surface area contributed by atoms with Crippen LogP contribution in [-0.2, 0) is 4.74 Å². The van der Waals surface area contributed by atoms with Crippen molar-refractivity contribution >= 4 is 0 Å². The van der Waals surface area contributed by atoms with E-state index < -0.39 is 0 Å². The summed E-state index contributed by atoms with van der Waals surface area (Å²) in [6.07, 6.45) is 6.14. The molecule has 4 rings (SSSR count). The van der Waals surface area contributed by atoms with Crippen LogP contribution in [0.15, 0.2) is 0 Å². The highest BCUT2D eigenvalue weighted by molar-refractivity contribution is 5.04. The number of ether oxygens (including phenoxy) is 1. The zero-order valence-corrected chi connectivity index (χ0v) is 7.68. The molecule has 2 aliphatic heterocycles. The van der Waals surface area contributed by atoms with Crippen LogP contribution >= 0.6 is 0 Å². The van der Waals surface area contributed by atoms with E-state index in [1.54, 1.807) is 0 Å². The third-order valence-corrected chi connectivity index (χ3v) is 3.83. The summed E-state index contributed by atoms with van der Waals surface area (Å²) >= 11 is 0. The molecular formula is C10H17NO. The lowest BCUT2D eigenvalue weighted by Crippen LogP contribution is -2.64. The van der Waals surface area contributed by atoms with Gasteiger partial charge in [-0.1, -0.05) is 0 Å². The predicted molar refractivity (Wildman–Crippen MR) is 46.5 cm³/mol. The van der Waals surface area contributed by atoms with Crippen molar-refractivity contribution in [2.24, 2.45) is 17.6 Å². The lowest BCUT2D eigenvalue weighted by molar-refractivity contribution is -0.264. The van der Waals surface area contributed by atoms with Gasteiger partial charge in [0.2, 0.25) is 0 Å². The molecule has 2 nitrogen and oxygen atoms in total. The Bertz CT molecular complexity index is 192. The topological polar surface area (TPSA) is 35.2 Å². The zero-order valence-electron chi connectivity index (χ0n) is 7.68. The highest BCUT2D eigenvalue weighted by Crippen LogP contribution is 2.55. The predicted octanol–water partition coefficient (Wildman–Crippen LogP) is 1.64. The van der Waals surface area contributed by atoms with Crippen LogP contribution in [0.3, 0.4) is 0 Å². The number of rotatable bonds is 0. The molecule has 0 spiro atoms. The first-order valence-corrected chi connectivity index (χ1v) is 5.06. The van der Waals surface area contributed by atoms with Crippen molar-refractivity contribution in [2.75, 3.05) is 0 Å². The summed E-state index contributed by atoms with van der Waals surface area (Å²) in [5.41, 5.74) is 6.08. The van der Waals surface area contributed by atoms with Crippen molar-refractivity contribution in [1.29, 1.82) is 0 Å². The average molecular weight is 167 g/mol. The summed E-state index contributed by atoms with van der Waals surface area (Å²) in [5, 5.41) is 0. The van der Waals surface area contributed by atoms with Crippen LogP contribution in [0.1, 0.15) is 39.0 Å². The van der Waals surface area contributed by atoms with Crippen LogP contribution in [0.25, 0.3) is 0 Å². The Balaban J connectivity index is 1.98. The minimum absolute atomic E-state index is 0.138. The molecule has 0 aromatic heterocycles. The second-order valence-electron chi connectivity index (χ2n) is 5.40. The van der Waals surface area contributed by atoms with E-state index in [0.717, 1.165) is 24.7 Å². The fraction of sp³-hybridized carbons (Fsp3) is 1.00. The van der Waals surface area contributed by atoms with E-state index in [1.165, 1.54) is 19.3 Å². The normalized spacial score (nSPS) is 62.5. The van der Waals surface area contributed by atoms with Crippen molar-refractivity contribution in [3.63, 3.8) is 0 Å². The molecule has 4 aliphatic rings. The Kier molecular flexibility index (Phi) is 1.15. The van der Waals surface area contributed by atoms with Crippen molar-refractivity contribution < 1.29 is 4.74 Å². The van der Waals surface area contributed by atoms with Crippen LogP contribution in [-0.4, -0.2) is 11.3 Å². The molecule has 2 heteroatoms. The Morgan fingerprint density at radius 3 is 2.17 bits per heavy atom. The van der Waals surface area contributed by atoms with Gasteiger partial charge >= 0.3 is 0 Å². The number of nitrogens with two attached hydrogens (primary N) is 1. The lowest BCUT2D eigenvalue weighted by atomic mass is 9.61. The standard InChI is InChI=1S/C10H17NO/c1-9-3-7-2-8(4-9)6-10(11,5-7)12-9/h7-8H,2-6,11H2,1H3/t7-,8+,9+,10-. The highest BCUT2D eigenvalue weighted by atomic mass is 16.5. The van der Waals surface area contributed by atoms with E-state index in [0.29, 0.717) is 0 Å². The van der Waals surface area contributed by atoms with E-state index in [4.69, 9.17) is 10.5 Å². The van der Waals surface area contributed by atoms with Gasteiger partial charge in [-0.25, -0.2) is 0 Å². The van der Waals surface area contributed by atoms with Crippen LogP contribution in [0.5, 0.6) is 0 Å². The van der Waals surface area contributed by atoms with Crippen molar-refractivity contribution in [1.82, 2.24) is 0 Å². The molecule has 2 N–H and O–H groups in total. The Morgan fingerprint density at radius 2 is 1.75 bits per heavy atom. The molecule has 0 amide bonds. The van der Waals surface area contributed by atoms with Crippen LogP contribution < -0.4 is 5.73 Å². The number of hydrogen-bond acceptors (Lipinski definition) is 2. The first-order valence-electron chi connectivity index (χ1n) is 5.06. The average Bonchev–Trinajstić information content (AvgIpc) is 1.75. The molecular weight excluding hydrogens is 150 g/mol. The van der Waals surface area contributed by atoms with Crippen molar-refractivity contribution in [3.8, 4) is 0 Å². The van der Waals surface area contributed by atoms with Crippen molar-refractivity contribution in [2.45, 2.75) is 50.4 Å². The Labute approximate surface area is 73.5 Å². The van der Waals surface area contributed by atoms with Gasteiger partial charge in [-0.3, -0.25) is 0 Å². The molecule has 2 saturated carbocycles. The summed E-state index contributed by atoms with van der Waals surface area (Å²) in [5.74, 6) is 1.72. The first kappa shape index (κ1) is 7.34. The summed E-state index contributed by atoms with van der Waals surface area (Å²) in [4.78, 5) is 0. The van der Waals surface area contributed by atoms with Crippen LogP contribution in [0.4, 0.5) is 0 Å². The van der Waals surface area contributed by atoms with E-state index in [1.807, 2.05) is 0 Å². The quantitative estimate of drug-likeness (QED) is 0.595. The molecule has 0 radical (unpaired) electrons. The maximum atomic E-state index is 6.18. The Morgan fingerprint density at radius 1 is 1.17 bits per heavy atom. The molecule has 0 aromatic carbocycles. The smallest absolute Gasteiger partial charge is 0.118 e. The summed E-state index contributed by atoms with van der Waals surface area (Å²) in [7, 11) is 0. The van der Waals surface area contributed by atoms with Gasteiger partial charge in [0.15, 0.2) is 0 Å². The van der Waals surface area contributed by atoms with Crippen molar-refractivity contribution in [3.05, 3.63) is 0 Å². The maximum Gasteiger partial charge on any atom is 0.118 e. The molecule has 2 heterocycles. The third kappa shape index (κ3) is 0.882. The largest absolute Gasteiger partial charge is 0.355 e. The second-order valence-corrected chi connectivity index (χ2v) is 5.40. The zero-order chi connectivity index (χ0) is 8.40. The van der Waals surface area contributed by atoms with E-state index in [2.05, 4.69) is 6.92 Å². The number of hydrogen-bond donors (Lipinski definition) is 1. The fourth-order valence-electron chi connectivity index (χ4n) is 3.97. The summed E-state index contributed by atoms with van der Waals surface area (Å²) in [6.45, 7) is 2.24. The molecule has 68 valence electrons. The van der Waals surface area contributed by atoms with E-state index in [-0.39, 0.29) is 11.3 Å². The van der Waals surface area contributed by atoms with Gasteiger partial charge in [0.1, 0.15) is 5.72 Å². The second kappa shape index (κ2) is 1.88. The molecule has 0 unspecified atom stereocenters. The minimum Gasteiger partial charge on any atom is -0.355 e. The van der Waals surface area contributed by atoms with Gasteiger partial charge in [-0.15, -0.1) is 0 Å². The van der Waals surface area contributed by atoms with E-state index >= 15 is 0 Å². The molecule has 4 bridgehead atoms. The van der Waals surface area contributed by atoms with Gasteiger partial charge in [-0.2, -0.15) is 0 Å². The van der Waals surface area contributed by atoms with Crippen LogP contribution in [0, 0.1) is 11.8 Å². The minimum atomic E-state index is -0.237. The Hall–Kier alpha value is -0.0800. The molecule has 2 aliphatic carbocycles. The van der Waals surface area contributed by atoms with Gasteiger partial charge in [-0.05, 0) is 50.9 Å². The highest BCUT2D eigenvalue weighted by Gasteiger charge is 2.55. The monoisotopic (exact) mass is 167 g/mol. The van der Waals surface area contributed by atoms with Gasteiger partial charge in [0, 0.05) is 0 Å². The fourth-order valence-corrected chi connectivity index (χ4v) is 3.97. The first-order chi connectivity index (χ1) is 5.57. The SMILES string of the molecule is C[C@]12C[C@H]3C[C@@H](C1)C[C@@](N)(C3)O2. The lowest BCUT2D eigenvalue weighted by Gasteiger charge is -2.59. The molecule has 4 fully saturated rings. The molecule has 12 heavy (non-hydrogen) atoms. The van der Waals surface area contributed by atoms with Crippen LogP contribution in [0.2, 0.25) is 0 Å². The molecule has 2 saturated heterocycles. The summed E-state index contributed by atoms with van der Waals surface area (Å²) in [6, 6.07) is 0. The van der Waals surface area contributed by atoms with Gasteiger partial charge in [0.25, 0.3) is 0 Å². The third-order valence-electron chi connectivity index (χ3n) is 3.83. The van der Waals surface area contributed by atoms with Gasteiger partial charge < -0.3 is 10.5 Å². The van der Waals surface area contributed by atoms with Gasteiger partial charge in [0.05, 0.1) is 5.60 Å². The summed E-state index contributed by atoms with van der Waals surface area (Å²) < 4.78 is 5.98. The van der Waals surface area contributed by atoms with E-state index in [9.17, 15) is 0 Å².